The van der Waals surface area contributed by atoms with Gasteiger partial charge in [-0.3, -0.25) is 0 Å². The highest BCUT2D eigenvalue weighted by Crippen LogP contribution is 2.00. The molecule has 0 aromatic rings. The Hall–Kier alpha value is -1.04. The van der Waals surface area contributed by atoms with Gasteiger partial charge >= 0.3 is 0 Å². The van der Waals surface area contributed by atoms with Gasteiger partial charge in [-0.1, -0.05) is 48.6 Å². The molecule has 0 aromatic heterocycles. The van der Waals surface area contributed by atoms with Gasteiger partial charge in [-0.25, -0.2) is 0 Å². The molecule has 0 aromatic carbocycles. The summed E-state index contributed by atoms with van der Waals surface area (Å²) in [5, 5.41) is 0. The molecule has 1 rings (SSSR count). The molecule has 1 radical (unpaired) electrons. The zero-order valence-electron chi connectivity index (χ0n) is 7.32. The molecule has 0 heterocycles. The lowest BCUT2D eigenvalue weighted by atomic mass is 10.2. The van der Waals surface area contributed by atoms with Gasteiger partial charge in [0.15, 0.2) is 0 Å². The van der Waals surface area contributed by atoms with Crippen LogP contribution in [0.1, 0.15) is 19.3 Å². The van der Waals surface area contributed by atoms with Crippen LogP contribution in [0.4, 0.5) is 0 Å². The van der Waals surface area contributed by atoms with Gasteiger partial charge in [-0.15, -0.1) is 0 Å². The van der Waals surface area contributed by atoms with Crippen LogP contribution in [0.25, 0.3) is 0 Å². The average molecular weight is 159 g/mol. The van der Waals surface area contributed by atoms with Gasteiger partial charge in [-0.2, -0.15) is 0 Å². The van der Waals surface area contributed by atoms with Gasteiger partial charge in [0.1, 0.15) is 0 Å². The van der Waals surface area contributed by atoms with Crippen molar-refractivity contribution in [2.75, 3.05) is 0 Å². The molecule has 63 valence electrons. The zero-order valence-corrected chi connectivity index (χ0v) is 7.32. The fourth-order valence-electron chi connectivity index (χ4n) is 1.02. The molecule has 0 unspecified atom stereocenters. The monoisotopic (exact) mass is 159 g/mol. The third-order valence-electron chi connectivity index (χ3n) is 1.68. The summed E-state index contributed by atoms with van der Waals surface area (Å²) < 4.78 is 0. The number of hydrogen-bond donors (Lipinski definition) is 0. The molecule has 0 saturated carbocycles. The van der Waals surface area contributed by atoms with Crippen molar-refractivity contribution >= 4 is 0 Å². The molecule has 0 heteroatoms. The summed E-state index contributed by atoms with van der Waals surface area (Å²) in [5.74, 6) is 0. The molecule has 0 amide bonds. The van der Waals surface area contributed by atoms with Crippen molar-refractivity contribution in [2.24, 2.45) is 0 Å². The summed E-state index contributed by atoms with van der Waals surface area (Å²) >= 11 is 0. The minimum absolute atomic E-state index is 1.18. The summed E-state index contributed by atoms with van der Waals surface area (Å²) in [5.41, 5.74) is 0. The summed E-state index contributed by atoms with van der Waals surface area (Å²) in [7, 11) is 0. The van der Waals surface area contributed by atoms with E-state index in [1.165, 1.54) is 19.3 Å². The standard InChI is InChI=1S/C12H15/c1-2-4-6-8-10-12-11-9-7-5-3-1/h1-9H,10-12H2/b2-1-,5-3+,8-6+,9-7-. The first-order valence-electron chi connectivity index (χ1n) is 4.48. The van der Waals surface area contributed by atoms with Crippen molar-refractivity contribution in [3.8, 4) is 0 Å². The Bertz CT molecular complexity index is 204. The van der Waals surface area contributed by atoms with Crippen molar-refractivity contribution in [2.45, 2.75) is 19.3 Å². The molecule has 0 atom stereocenters. The fourth-order valence-corrected chi connectivity index (χ4v) is 1.02. The lowest BCUT2D eigenvalue weighted by molar-refractivity contribution is 0.868. The van der Waals surface area contributed by atoms with Crippen molar-refractivity contribution in [1.82, 2.24) is 0 Å². The van der Waals surface area contributed by atoms with E-state index in [4.69, 9.17) is 0 Å². The highest BCUT2D eigenvalue weighted by atomic mass is 13.9. The molecule has 0 fully saturated rings. The topological polar surface area (TPSA) is 0 Å². The average Bonchev–Trinajstić information content (AvgIpc) is 2.05. The van der Waals surface area contributed by atoms with Crippen molar-refractivity contribution in [3.05, 3.63) is 55.0 Å². The van der Waals surface area contributed by atoms with Crippen LogP contribution in [-0.4, -0.2) is 0 Å². The first-order valence-corrected chi connectivity index (χ1v) is 4.48. The van der Waals surface area contributed by atoms with Gasteiger partial charge in [-0.05, 0) is 19.3 Å². The van der Waals surface area contributed by atoms with Crippen LogP contribution in [0.2, 0.25) is 0 Å². The van der Waals surface area contributed by atoms with E-state index >= 15 is 0 Å². The minimum atomic E-state index is 1.18. The maximum atomic E-state index is 2.21. The Balaban J connectivity index is 2.42. The third kappa shape index (κ3) is 4.73. The van der Waals surface area contributed by atoms with E-state index in [0.29, 0.717) is 0 Å². The van der Waals surface area contributed by atoms with Gasteiger partial charge < -0.3 is 0 Å². The molecule has 0 bridgehead atoms. The van der Waals surface area contributed by atoms with Crippen molar-refractivity contribution < 1.29 is 0 Å². The highest BCUT2D eigenvalue weighted by Gasteiger charge is 1.80. The first-order chi connectivity index (χ1) is 6.00. The Labute approximate surface area is 75.0 Å². The maximum absolute atomic E-state index is 2.21. The van der Waals surface area contributed by atoms with Crippen LogP contribution < -0.4 is 0 Å². The van der Waals surface area contributed by atoms with E-state index in [9.17, 15) is 0 Å². The second-order valence-corrected chi connectivity index (χ2v) is 2.75. The van der Waals surface area contributed by atoms with Crippen LogP contribution in [0.15, 0.2) is 48.6 Å². The Morgan fingerprint density at radius 3 is 2.17 bits per heavy atom. The third-order valence-corrected chi connectivity index (χ3v) is 1.68. The lowest BCUT2D eigenvalue weighted by Crippen LogP contribution is -1.70. The second-order valence-electron chi connectivity index (χ2n) is 2.75. The fraction of sp³-hybridized carbons (Fsp3) is 0.250. The van der Waals surface area contributed by atoms with E-state index < -0.39 is 0 Å². The van der Waals surface area contributed by atoms with E-state index in [1.54, 1.807) is 0 Å². The predicted octanol–water partition coefficient (Wildman–Crippen LogP) is 3.60. The lowest BCUT2D eigenvalue weighted by Gasteiger charge is -1.90. The normalized spacial score (nSPS) is 29.3. The molecular weight excluding hydrogens is 144 g/mol. The van der Waals surface area contributed by atoms with Crippen molar-refractivity contribution in [1.29, 1.82) is 0 Å². The predicted molar refractivity (Wildman–Crippen MR) is 54.7 cm³/mol. The Morgan fingerprint density at radius 1 is 0.583 bits per heavy atom. The molecule has 0 spiro atoms. The van der Waals surface area contributed by atoms with Gasteiger partial charge in [0.05, 0.1) is 0 Å². The molecule has 0 N–H and O–H groups in total. The van der Waals surface area contributed by atoms with Crippen LogP contribution in [-0.2, 0) is 0 Å². The van der Waals surface area contributed by atoms with E-state index in [1.807, 2.05) is 18.2 Å². The maximum Gasteiger partial charge on any atom is 0.00473 e. The van der Waals surface area contributed by atoms with E-state index in [0.717, 1.165) is 0 Å². The SMILES string of the molecule is [CH]1\C=C/C=C/C=C\CCC/C=C/1. The molecule has 0 aliphatic heterocycles. The zero-order chi connectivity index (χ0) is 8.49. The van der Waals surface area contributed by atoms with E-state index in [-0.39, 0.29) is 0 Å². The van der Waals surface area contributed by atoms with Crippen molar-refractivity contribution in [3.63, 3.8) is 0 Å². The summed E-state index contributed by atoms with van der Waals surface area (Å²) in [6, 6.07) is 0. The largest absolute Gasteiger partial charge is 0.0879 e. The smallest absolute Gasteiger partial charge is 0.00473 e. The second kappa shape index (κ2) is 6.66. The van der Waals surface area contributed by atoms with Gasteiger partial charge in [0, 0.05) is 6.42 Å². The summed E-state index contributed by atoms with van der Waals surface area (Å²) in [6.45, 7) is 0. The molecule has 1 aliphatic carbocycles. The molecular formula is C12H15. The molecule has 12 heavy (non-hydrogen) atoms. The van der Waals surface area contributed by atoms with E-state index in [2.05, 4.69) is 36.8 Å². The number of hydrogen-bond acceptors (Lipinski definition) is 0. The first kappa shape index (κ1) is 9.05. The van der Waals surface area contributed by atoms with Gasteiger partial charge in [0.25, 0.3) is 0 Å². The minimum Gasteiger partial charge on any atom is -0.0879 e. The quantitative estimate of drug-likeness (QED) is 0.506. The number of allylic oxidation sites excluding steroid dienone is 8. The Morgan fingerprint density at radius 2 is 1.25 bits per heavy atom. The molecule has 1 aliphatic rings. The van der Waals surface area contributed by atoms with Crippen LogP contribution in [0.5, 0.6) is 0 Å². The summed E-state index contributed by atoms with van der Waals surface area (Å²) in [4.78, 5) is 0. The summed E-state index contributed by atoms with van der Waals surface area (Å²) in [6.07, 6.45) is 22.5. The Kier molecular flexibility index (Phi) is 5.02. The van der Waals surface area contributed by atoms with Crippen LogP contribution in [0, 0.1) is 6.42 Å². The van der Waals surface area contributed by atoms with Gasteiger partial charge in [0.2, 0.25) is 0 Å². The van der Waals surface area contributed by atoms with Crippen LogP contribution in [0.3, 0.4) is 0 Å². The van der Waals surface area contributed by atoms with Crippen LogP contribution >= 0.6 is 0 Å². The number of rotatable bonds is 0. The molecule has 0 saturated heterocycles. The highest BCUT2D eigenvalue weighted by molar-refractivity contribution is 5.17. The molecule has 0 nitrogen and oxygen atoms in total.